The smallest absolute Gasteiger partial charge is 0.322 e. The number of nitrogens with one attached hydrogen (secondary N) is 2. The number of hydrogen-bond acceptors (Lipinski definition) is 8. The van der Waals surface area contributed by atoms with Crippen LogP contribution in [0.3, 0.4) is 0 Å². The molecule has 2 N–H and O–H groups in total. The van der Waals surface area contributed by atoms with Crippen molar-refractivity contribution in [1.82, 2.24) is 30.7 Å². The predicted octanol–water partition coefficient (Wildman–Crippen LogP) is 1.11. The van der Waals surface area contributed by atoms with Gasteiger partial charge < -0.3 is 9.73 Å². The van der Waals surface area contributed by atoms with Crippen molar-refractivity contribution in [1.29, 1.82) is 0 Å². The molecule has 0 saturated heterocycles. The van der Waals surface area contributed by atoms with Crippen LogP contribution in [0.5, 0.6) is 0 Å². The topological polar surface area (TPSA) is 102 Å². The number of hydrogen-bond donors (Lipinski definition) is 2. The van der Waals surface area contributed by atoms with Gasteiger partial charge in [0, 0.05) is 6.04 Å². The van der Waals surface area contributed by atoms with Crippen LogP contribution in [-0.4, -0.2) is 31.4 Å². The molecular formula is C11H17N7O. The van der Waals surface area contributed by atoms with E-state index in [4.69, 9.17) is 4.42 Å². The largest absolute Gasteiger partial charge is 0.406 e. The Balaban J connectivity index is 2.01. The van der Waals surface area contributed by atoms with Crippen molar-refractivity contribution in [3.8, 4) is 0 Å². The minimum Gasteiger partial charge on any atom is -0.406 e. The molecule has 0 aliphatic rings. The van der Waals surface area contributed by atoms with Crippen LogP contribution in [0.1, 0.15) is 31.1 Å². The second-order valence-electron chi connectivity index (χ2n) is 4.47. The van der Waals surface area contributed by atoms with Crippen molar-refractivity contribution < 1.29 is 4.42 Å². The van der Waals surface area contributed by atoms with E-state index < -0.39 is 0 Å². The Hall–Kier alpha value is -2.09. The van der Waals surface area contributed by atoms with Crippen LogP contribution in [0.2, 0.25) is 0 Å². The van der Waals surface area contributed by atoms with Crippen molar-refractivity contribution in [2.24, 2.45) is 0 Å². The van der Waals surface area contributed by atoms with Crippen LogP contribution in [0.25, 0.3) is 0 Å². The SMILES string of the molecule is Cc1nnc(Nc2nnc(CNC(C)C)o2)nc1C. The molecule has 2 aromatic heterocycles. The van der Waals surface area contributed by atoms with Gasteiger partial charge in [-0.25, -0.2) is 4.98 Å². The molecule has 19 heavy (non-hydrogen) atoms. The lowest BCUT2D eigenvalue weighted by Crippen LogP contribution is -2.21. The fourth-order valence-electron chi connectivity index (χ4n) is 1.27. The zero-order valence-corrected chi connectivity index (χ0v) is 11.4. The van der Waals surface area contributed by atoms with E-state index in [2.05, 4.69) is 36.0 Å². The Kier molecular flexibility index (Phi) is 4.00. The lowest BCUT2D eigenvalue weighted by atomic mass is 10.4. The lowest BCUT2D eigenvalue weighted by molar-refractivity contribution is 0.460. The molecule has 0 aromatic carbocycles. The molecule has 8 heteroatoms. The third kappa shape index (κ3) is 3.68. The zero-order chi connectivity index (χ0) is 13.8. The van der Waals surface area contributed by atoms with E-state index in [-0.39, 0.29) is 6.01 Å². The summed E-state index contributed by atoms with van der Waals surface area (Å²) in [6.45, 7) is 8.33. The molecule has 0 saturated carbocycles. The first-order chi connectivity index (χ1) is 9.04. The quantitative estimate of drug-likeness (QED) is 0.827. The van der Waals surface area contributed by atoms with Crippen LogP contribution >= 0.6 is 0 Å². The molecule has 0 aliphatic carbocycles. The fraction of sp³-hybridized carbons (Fsp3) is 0.545. The number of rotatable bonds is 5. The summed E-state index contributed by atoms with van der Waals surface area (Å²) in [5.74, 6) is 0.850. The van der Waals surface area contributed by atoms with E-state index in [1.54, 1.807) is 0 Å². The Morgan fingerprint density at radius 3 is 2.53 bits per heavy atom. The molecule has 0 radical (unpaired) electrons. The summed E-state index contributed by atoms with van der Waals surface area (Å²) >= 11 is 0. The third-order valence-electron chi connectivity index (χ3n) is 2.44. The summed E-state index contributed by atoms with van der Waals surface area (Å²) in [6.07, 6.45) is 0. The maximum Gasteiger partial charge on any atom is 0.322 e. The van der Waals surface area contributed by atoms with Gasteiger partial charge in [0.2, 0.25) is 5.89 Å². The summed E-state index contributed by atoms with van der Waals surface area (Å²) in [7, 11) is 0. The summed E-state index contributed by atoms with van der Waals surface area (Å²) in [6, 6.07) is 0.612. The minimum atomic E-state index is 0.255. The maximum absolute atomic E-state index is 5.40. The molecule has 0 amide bonds. The summed E-state index contributed by atoms with van der Waals surface area (Å²) in [5.41, 5.74) is 1.59. The van der Waals surface area contributed by atoms with Crippen LogP contribution < -0.4 is 10.6 Å². The second kappa shape index (κ2) is 5.70. The van der Waals surface area contributed by atoms with E-state index in [1.165, 1.54) is 0 Å². The molecule has 0 unspecified atom stereocenters. The van der Waals surface area contributed by atoms with Crippen molar-refractivity contribution in [2.75, 3.05) is 5.32 Å². The molecule has 0 bridgehead atoms. The summed E-state index contributed by atoms with van der Waals surface area (Å²) in [4.78, 5) is 4.22. The standard InChI is InChI=1S/C11H17N7O/c1-6(2)12-5-9-16-18-11(19-9)14-10-13-7(3)8(4)15-17-10/h6,12H,5H2,1-4H3,(H,13,14,17,18). The van der Waals surface area contributed by atoms with Gasteiger partial charge in [0.25, 0.3) is 5.95 Å². The van der Waals surface area contributed by atoms with Crippen LogP contribution in [-0.2, 0) is 6.54 Å². The number of aryl methyl sites for hydroxylation is 2. The highest BCUT2D eigenvalue weighted by atomic mass is 16.4. The molecule has 102 valence electrons. The Bertz CT molecular complexity index is 552. The molecule has 2 rings (SSSR count). The molecule has 0 fully saturated rings. The molecule has 0 atom stereocenters. The monoisotopic (exact) mass is 263 g/mol. The lowest BCUT2D eigenvalue weighted by Gasteiger charge is -2.03. The second-order valence-corrected chi connectivity index (χ2v) is 4.47. The number of aromatic nitrogens is 5. The highest BCUT2D eigenvalue weighted by Gasteiger charge is 2.09. The van der Waals surface area contributed by atoms with Crippen molar-refractivity contribution >= 4 is 12.0 Å². The number of anilines is 2. The van der Waals surface area contributed by atoms with E-state index in [9.17, 15) is 0 Å². The number of nitrogens with zero attached hydrogens (tertiary/aromatic N) is 5. The maximum atomic E-state index is 5.40. The first-order valence-electron chi connectivity index (χ1n) is 6.05. The average Bonchev–Trinajstić information content (AvgIpc) is 2.79. The van der Waals surface area contributed by atoms with Gasteiger partial charge in [0.1, 0.15) is 0 Å². The summed E-state index contributed by atoms with van der Waals surface area (Å²) in [5, 5.41) is 21.7. The van der Waals surface area contributed by atoms with Gasteiger partial charge in [-0.15, -0.1) is 10.2 Å². The first kappa shape index (κ1) is 13.3. The van der Waals surface area contributed by atoms with Gasteiger partial charge >= 0.3 is 6.01 Å². The Morgan fingerprint density at radius 2 is 1.84 bits per heavy atom. The van der Waals surface area contributed by atoms with Gasteiger partial charge in [0.05, 0.1) is 17.9 Å². The molecule has 2 heterocycles. The van der Waals surface area contributed by atoms with Gasteiger partial charge in [-0.3, -0.25) is 5.32 Å². The van der Waals surface area contributed by atoms with Gasteiger partial charge in [-0.05, 0) is 13.8 Å². The average molecular weight is 263 g/mol. The normalized spacial score (nSPS) is 11.0. The van der Waals surface area contributed by atoms with E-state index >= 15 is 0 Å². The molecule has 0 spiro atoms. The molecule has 2 aromatic rings. The highest BCUT2D eigenvalue weighted by Crippen LogP contribution is 2.11. The van der Waals surface area contributed by atoms with Gasteiger partial charge in [-0.2, -0.15) is 5.10 Å². The first-order valence-corrected chi connectivity index (χ1v) is 6.05. The molecule has 0 aliphatic heterocycles. The van der Waals surface area contributed by atoms with E-state index in [0.29, 0.717) is 24.4 Å². The van der Waals surface area contributed by atoms with Gasteiger partial charge in [0.15, 0.2) is 0 Å². The molecule has 8 nitrogen and oxygen atoms in total. The van der Waals surface area contributed by atoms with Crippen LogP contribution in [0, 0.1) is 13.8 Å². The molecular weight excluding hydrogens is 246 g/mol. The van der Waals surface area contributed by atoms with Crippen molar-refractivity contribution in [2.45, 2.75) is 40.3 Å². The Labute approximate surface area is 111 Å². The zero-order valence-electron chi connectivity index (χ0n) is 11.4. The van der Waals surface area contributed by atoms with Crippen LogP contribution in [0.4, 0.5) is 12.0 Å². The minimum absolute atomic E-state index is 0.255. The van der Waals surface area contributed by atoms with Crippen LogP contribution in [0.15, 0.2) is 4.42 Å². The van der Waals surface area contributed by atoms with E-state index in [1.807, 2.05) is 27.7 Å². The Morgan fingerprint density at radius 1 is 1.05 bits per heavy atom. The fourth-order valence-corrected chi connectivity index (χ4v) is 1.27. The van der Waals surface area contributed by atoms with E-state index in [0.717, 1.165) is 11.4 Å². The summed E-state index contributed by atoms with van der Waals surface area (Å²) < 4.78 is 5.40. The van der Waals surface area contributed by atoms with Crippen molar-refractivity contribution in [3.05, 3.63) is 17.3 Å². The van der Waals surface area contributed by atoms with Gasteiger partial charge in [-0.1, -0.05) is 18.9 Å². The predicted molar refractivity (Wildman–Crippen MR) is 68.9 cm³/mol. The third-order valence-corrected chi connectivity index (χ3v) is 2.44. The highest BCUT2D eigenvalue weighted by molar-refractivity contribution is 5.38. The van der Waals surface area contributed by atoms with Crippen molar-refractivity contribution in [3.63, 3.8) is 0 Å².